The van der Waals surface area contributed by atoms with Gasteiger partial charge in [-0.1, -0.05) is 0 Å². The Bertz CT molecular complexity index is 438. The van der Waals surface area contributed by atoms with Crippen molar-refractivity contribution < 1.29 is 19.1 Å². The maximum atomic E-state index is 11.6. The monoisotopic (exact) mass is 306 g/mol. The lowest BCUT2D eigenvalue weighted by Gasteiger charge is -2.19. The summed E-state index contributed by atoms with van der Waals surface area (Å²) in [6.45, 7) is 1.14. The summed E-state index contributed by atoms with van der Waals surface area (Å²) in [5.74, 6) is -0.790. The second kappa shape index (κ2) is 8.08. The Morgan fingerprint density at radius 1 is 1.47 bits per heavy atom. The number of halogens is 1. The van der Waals surface area contributed by atoms with Gasteiger partial charge in [0.25, 0.3) is 0 Å². The van der Waals surface area contributed by atoms with Crippen molar-refractivity contribution in [1.82, 2.24) is 9.88 Å². The van der Waals surface area contributed by atoms with Crippen molar-refractivity contribution in [3.8, 4) is 0 Å². The number of thiazole rings is 1. The number of nitrogens with zero attached hydrogens (tertiary/aromatic N) is 2. The third-order valence-electron chi connectivity index (χ3n) is 2.30. The van der Waals surface area contributed by atoms with Gasteiger partial charge in [0.05, 0.1) is 20.3 Å². The van der Waals surface area contributed by atoms with Gasteiger partial charge >= 0.3 is 5.97 Å². The van der Waals surface area contributed by atoms with Gasteiger partial charge in [-0.05, 0) is 0 Å². The molecule has 1 aromatic heterocycles. The van der Waals surface area contributed by atoms with Crippen LogP contribution in [0, 0.1) is 0 Å². The number of hydrogen-bond acceptors (Lipinski definition) is 6. The third-order valence-corrected chi connectivity index (χ3v) is 3.37. The first-order valence-corrected chi connectivity index (χ1v) is 6.89. The molecule has 1 heterocycles. The SMILES string of the molecule is COCCN(Cc1nc(C(=O)OC)cs1)C(=O)CCl. The zero-order valence-electron chi connectivity index (χ0n) is 10.7. The number of alkyl halides is 1. The van der Waals surface area contributed by atoms with Crippen LogP contribution in [0.3, 0.4) is 0 Å². The maximum Gasteiger partial charge on any atom is 0.357 e. The Kier molecular flexibility index (Phi) is 6.75. The number of aromatic nitrogens is 1. The van der Waals surface area contributed by atoms with Gasteiger partial charge in [-0.25, -0.2) is 9.78 Å². The average Bonchev–Trinajstić information content (AvgIpc) is 2.90. The van der Waals surface area contributed by atoms with E-state index in [-0.39, 0.29) is 17.5 Å². The Hall–Kier alpha value is -1.18. The van der Waals surface area contributed by atoms with Crippen molar-refractivity contribution in [1.29, 1.82) is 0 Å². The Balaban J connectivity index is 2.70. The van der Waals surface area contributed by atoms with Crippen molar-refractivity contribution >= 4 is 34.8 Å². The first-order valence-electron chi connectivity index (χ1n) is 5.47. The molecule has 0 bridgehead atoms. The molecular weight excluding hydrogens is 292 g/mol. The topological polar surface area (TPSA) is 68.7 Å². The first kappa shape index (κ1) is 15.9. The fourth-order valence-corrected chi connectivity index (χ4v) is 2.27. The molecule has 6 nitrogen and oxygen atoms in total. The molecule has 1 amide bonds. The summed E-state index contributed by atoms with van der Waals surface area (Å²) in [5, 5.41) is 2.25. The van der Waals surface area contributed by atoms with Crippen molar-refractivity contribution in [2.75, 3.05) is 33.3 Å². The lowest BCUT2D eigenvalue weighted by Crippen LogP contribution is -2.34. The summed E-state index contributed by atoms with van der Waals surface area (Å²) in [6, 6.07) is 0. The number of amides is 1. The highest BCUT2D eigenvalue weighted by molar-refractivity contribution is 7.09. The predicted octanol–water partition coefficient (Wildman–Crippen LogP) is 1.14. The highest BCUT2D eigenvalue weighted by Crippen LogP contribution is 2.13. The number of rotatable bonds is 7. The molecule has 0 saturated heterocycles. The van der Waals surface area contributed by atoms with Gasteiger partial charge in [-0.15, -0.1) is 22.9 Å². The molecule has 1 rings (SSSR count). The highest BCUT2D eigenvalue weighted by Gasteiger charge is 2.16. The molecule has 0 radical (unpaired) electrons. The van der Waals surface area contributed by atoms with Crippen LogP contribution in [0.1, 0.15) is 15.5 Å². The molecule has 1 aromatic rings. The second-order valence-corrected chi connectivity index (χ2v) is 4.77. The van der Waals surface area contributed by atoms with E-state index < -0.39 is 5.97 Å². The number of esters is 1. The molecule has 106 valence electrons. The van der Waals surface area contributed by atoms with Gasteiger partial charge in [0, 0.05) is 19.0 Å². The van der Waals surface area contributed by atoms with Crippen molar-refractivity contribution in [2.45, 2.75) is 6.54 Å². The highest BCUT2D eigenvalue weighted by atomic mass is 35.5. The normalized spacial score (nSPS) is 10.3. The standard InChI is InChI=1S/C11H15ClN2O4S/c1-17-4-3-14(10(15)5-12)6-9-13-8(7-19-9)11(16)18-2/h7H,3-6H2,1-2H3. The molecule has 0 aromatic carbocycles. The summed E-state index contributed by atoms with van der Waals surface area (Å²) in [6.07, 6.45) is 0. The van der Waals surface area contributed by atoms with Gasteiger partial charge in [0.1, 0.15) is 10.9 Å². The van der Waals surface area contributed by atoms with E-state index in [0.29, 0.717) is 24.7 Å². The van der Waals surface area contributed by atoms with E-state index >= 15 is 0 Å². The largest absolute Gasteiger partial charge is 0.464 e. The first-order chi connectivity index (χ1) is 9.12. The van der Waals surface area contributed by atoms with Crippen LogP contribution in [0.15, 0.2) is 5.38 Å². The van der Waals surface area contributed by atoms with Crippen LogP contribution in [0.2, 0.25) is 0 Å². The quantitative estimate of drug-likeness (QED) is 0.558. The van der Waals surface area contributed by atoms with Gasteiger partial charge in [-0.3, -0.25) is 4.79 Å². The van der Waals surface area contributed by atoms with Crippen LogP contribution in [-0.2, 0) is 20.8 Å². The Labute approximate surface area is 120 Å². The molecule has 19 heavy (non-hydrogen) atoms. The minimum atomic E-state index is -0.491. The van der Waals surface area contributed by atoms with E-state index in [2.05, 4.69) is 9.72 Å². The van der Waals surface area contributed by atoms with Crippen molar-refractivity contribution in [2.24, 2.45) is 0 Å². The minimum Gasteiger partial charge on any atom is -0.464 e. The fraction of sp³-hybridized carbons (Fsp3) is 0.545. The maximum absolute atomic E-state index is 11.6. The fourth-order valence-electron chi connectivity index (χ4n) is 1.32. The molecule has 0 fully saturated rings. The Morgan fingerprint density at radius 2 is 2.21 bits per heavy atom. The van der Waals surface area contributed by atoms with E-state index in [9.17, 15) is 9.59 Å². The molecule has 0 aliphatic carbocycles. The summed E-state index contributed by atoms with van der Waals surface area (Å²) in [5.41, 5.74) is 0.243. The second-order valence-electron chi connectivity index (χ2n) is 3.56. The van der Waals surface area contributed by atoms with E-state index in [4.69, 9.17) is 16.3 Å². The van der Waals surface area contributed by atoms with E-state index in [1.54, 1.807) is 12.5 Å². The molecule has 0 saturated carbocycles. The number of hydrogen-bond donors (Lipinski definition) is 0. The van der Waals surface area contributed by atoms with Crippen molar-refractivity contribution in [3.63, 3.8) is 0 Å². The smallest absolute Gasteiger partial charge is 0.357 e. The number of carbonyl (C=O) groups excluding carboxylic acids is 2. The lowest BCUT2D eigenvalue weighted by atomic mass is 10.4. The summed E-state index contributed by atoms with van der Waals surface area (Å²) in [7, 11) is 2.85. The molecule has 0 spiro atoms. The number of methoxy groups -OCH3 is 2. The third kappa shape index (κ3) is 4.77. The summed E-state index contributed by atoms with van der Waals surface area (Å²) in [4.78, 5) is 28.6. The lowest BCUT2D eigenvalue weighted by molar-refractivity contribution is -0.129. The number of ether oxygens (including phenoxy) is 2. The minimum absolute atomic E-state index is 0.0983. The van der Waals surface area contributed by atoms with Gasteiger partial charge in [-0.2, -0.15) is 0 Å². The van der Waals surface area contributed by atoms with Gasteiger partial charge in [0.15, 0.2) is 5.69 Å². The zero-order chi connectivity index (χ0) is 14.3. The molecular formula is C11H15ClN2O4S. The van der Waals surface area contributed by atoms with Crippen molar-refractivity contribution in [3.05, 3.63) is 16.1 Å². The molecule has 8 heteroatoms. The zero-order valence-corrected chi connectivity index (χ0v) is 12.3. The van der Waals surface area contributed by atoms with Crippen LogP contribution in [0.25, 0.3) is 0 Å². The van der Waals surface area contributed by atoms with Crippen LogP contribution in [0.5, 0.6) is 0 Å². The van der Waals surface area contributed by atoms with E-state index in [0.717, 1.165) is 0 Å². The summed E-state index contributed by atoms with van der Waals surface area (Å²) < 4.78 is 9.51. The van der Waals surface area contributed by atoms with Gasteiger partial charge < -0.3 is 14.4 Å². The van der Waals surface area contributed by atoms with Crippen LogP contribution in [0.4, 0.5) is 0 Å². The molecule has 0 unspecified atom stereocenters. The molecule has 0 atom stereocenters. The Morgan fingerprint density at radius 3 is 2.79 bits per heavy atom. The van der Waals surface area contributed by atoms with Crippen LogP contribution >= 0.6 is 22.9 Å². The van der Waals surface area contributed by atoms with Crippen LogP contribution < -0.4 is 0 Å². The van der Waals surface area contributed by atoms with E-state index in [1.807, 2.05) is 0 Å². The summed E-state index contributed by atoms with van der Waals surface area (Å²) >= 11 is 6.84. The van der Waals surface area contributed by atoms with E-state index in [1.165, 1.54) is 23.3 Å². The predicted molar refractivity (Wildman–Crippen MR) is 71.5 cm³/mol. The van der Waals surface area contributed by atoms with Gasteiger partial charge in [0.2, 0.25) is 5.91 Å². The molecule has 0 aliphatic rings. The molecule has 0 aliphatic heterocycles. The average molecular weight is 307 g/mol. The molecule has 0 N–H and O–H groups in total. The number of carbonyl (C=O) groups is 2. The van der Waals surface area contributed by atoms with Crippen LogP contribution in [-0.4, -0.2) is 55.0 Å².